The van der Waals surface area contributed by atoms with Gasteiger partial charge in [0.15, 0.2) is 0 Å². The Hall–Kier alpha value is -4.13. The van der Waals surface area contributed by atoms with Crippen LogP contribution in [0.2, 0.25) is 0 Å². The topological polar surface area (TPSA) is 63.8 Å². The van der Waals surface area contributed by atoms with Crippen LogP contribution in [0.25, 0.3) is 32.8 Å². The van der Waals surface area contributed by atoms with Gasteiger partial charge in [0.05, 0.1) is 5.69 Å². The lowest BCUT2D eigenvalue weighted by molar-refractivity contribution is -0.136. The third-order valence-electron chi connectivity index (χ3n) is 5.30. The van der Waals surface area contributed by atoms with Crippen molar-refractivity contribution in [3.05, 3.63) is 90.5 Å². The largest absolute Gasteiger partial charge is 0.422 e. The summed E-state index contributed by atoms with van der Waals surface area (Å²) in [5.74, 6) is -0.632. The number of benzene rings is 4. The second-order valence-corrected chi connectivity index (χ2v) is 7.33. The molecule has 1 heterocycles. The molecule has 0 aliphatic rings. The number of fused-ring (bicyclic) bond motifs is 2. The van der Waals surface area contributed by atoms with Gasteiger partial charge in [-0.15, -0.1) is 0 Å². The van der Waals surface area contributed by atoms with Crippen LogP contribution in [0.3, 0.4) is 0 Å². The van der Waals surface area contributed by atoms with Gasteiger partial charge in [-0.3, -0.25) is 0 Å². The van der Waals surface area contributed by atoms with Gasteiger partial charge in [0.25, 0.3) is 0 Å². The normalized spacial score (nSPS) is 11.7. The van der Waals surface area contributed by atoms with E-state index in [1.165, 1.54) is 0 Å². The number of rotatable bonds is 3. The number of alkyl halides is 3. The van der Waals surface area contributed by atoms with E-state index in [0.29, 0.717) is 16.6 Å². The zero-order chi connectivity index (χ0) is 22.3. The molecule has 3 N–H and O–H groups in total. The highest BCUT2D eigenvalue weighted by atomic mass is 19.4. The Bertz CT molecular complexity index is 1450. The van der Waals surface area contributed by atoms with Crippen LogP contribution < -0.4 is 11.1 Å². The molecular weight excluding hydrogens is 413 g/mol. The summed E-state index contributed by atoms with van der Waals surface area (Å²) in [6.45, 7) is 0. The van der Waals surface area contributed by atoms with Gasteiger partial charge >= 0.3 is 6.18 Å². The van der Waals surface area contributed by atoms with Crippen LogP contribution in [-0.2, 0) is 6.18 Å². The predicted molar refractivity (Wildman–Crippen MR) is 122 cm³/mol. The number of anilines is 3. The van der Waals surface area contributed by atoms with Gasteiger partial charge in [0.1, 0.15) is 11.4 Å². The number of nitrogens with zero attached hydrogens (tertiary/aromatic N) is 2. The smallest absolute Gasteiger partial charge is 0.383 e. The van der Waals surface area contributed by atoms with Crippen LogP contribution in [0.5, 0.6) is 0 Å². The predicted octanol–water partition coefficient (Wildman–Crippen LogP) is 6.79. The summed E-state index contributed by atoms with van der Waals surface area (Å²) in [6, 6.07) is 25.6. The van der Waals surface area contributed by atoms with Crippen molar-refractivity contribution in [2.45, 2.75) is 6.18 Å². The van der Waals surface area contributed by atoms with E-state index in [4.69, 9.17) is 5.73 Å². The minimum absolute atomic E-state index is 0.00483. The van der Waals surface area contributed by atoms with Crippen molar-refractivity contribution in [3.8, 4) is 11.3 Å². The molecule has 0 saturated carbocycles. The summed E-state index contributed by atoms with van der Waals surface area (Å²) < 4.78 is 41.9. The third kappa shape index (κ3) is 3.47. The number of nitrogens with two attached hydrogens (primary N) is 1. The number of hydrogen-bond acceptors (Lipinski definition) is 4. The van der Waals surface area contributed by atoms with Crippen LogP contribution in [0.15, 0.2) is 84.9 Å². The van der Waals surface area contributed by atoms with Crippen LogP contribution in [0.4, 0.5) is 30.6 Å². The van der Waals surface area contributed by atoms with Gasteiger partial charge in [-0.1, -0.05) is 78.9 Å². The lowest BCUT2D eigenvalue weighted by Crippen LogP contribution is -2.15. The average molecular weight is 430 g/mol. The lowest BCUT2D eigenvalue weighted by atomic mass is 9.99. The lowest BCUT2D eigenvalue weighted by Gasteiger charge is -2.17. The second kappa shape index (κ2) is 7.53. The average Bonchev–Trinajstić information content (AvgIpc) is 2.77. The Labute approximate surface area is 181 Å². The molecule has 0 spiro atoms. The molecule has 0 unspecified atom stereocenters. The number of nitrogen functional groups attached to an aromatic ring is 1. The quantitative estimate of drug-likeness (QED) is 0.331. The third-order valence-corrected chi connectivity index (χ3v) is 5.30. The zero-order valence-corrected chi connectivity index (χ0v) is 16.7. The van der Waals surface area contributed by atoms with E-state index in [1.54, 1.807) is 24.3 Å². The molecule has 5 aromatic rings. The molecular formula is C25H17F3N4. The number of aromatic nitrogens is 2. The highest BCUT2D eigenvalue weighted by Crippen LogP contribution is 2.42. The molecule has 0 aliphatic carbocycles. The van der Waals surface area contributed by atoms with E-state index in [2.05, 4.69) is 15.3 Å². The van der Waals surface area contributed by atoms with Gasteiger partial charge < -0.3 is 11.1 Å². The first kappa shape index (κ1) is 19.8. The Balaban J connectivity index is 1.72. The molecule has 4 nitrogen and oxygen atoms in total. The Morgan fingerprint density at radius 2 is 1.28 bits per heavy atom. The fraction of sp³-hybridized carbons (Fsp3) is 0.0400. The summed E-state index contributed by atoms with van der Waals surface area (Å²) in [4.78, 5) is 8.24. The van der Waals surface area contributed by atoms with E-state index in [0.717, 1.165) is 16.2 Å². The minimum atomic E-state index is -4.71. The van der Waals surface area contributed by atoms with Crippen LogP contribution in [0.1, 0.15) is 5.56 Å². The Kier molecular flexibility index (Phi) is 4.66. The van der Waals surface area contributed by atoms with Crippen molar-refractivity contribution in [2.75, 3.05) is 11.1 Å². The minimum Gasteiger partial charge on any atom is -0.383 e. The molecule has 4 aromatic carbocycles. The molecule has 0 aliphatic heterocycles. The van der Waals surface area contributed by atoms with Gasteiger partial charge in [-0.05, 0) is 22.2 Å². The van der Waals surface area contributed by atoms with Crippen molar-refractivity contribution in [1.29, 1.82) is 0 Å². The van der Waals surface area contributed by atoms with Crippen LogP contribution in [-0.4, -0.2) is 9.97 Å². The van der Waals surface area contributed by atoms with E-state index >= 15 is 0 Å². The van der Waals surface area contributed by atoms with E-state index < -0.39 is 17.6 Å². The zero-order valence-electron chi connectivity index (χ0n) is 16.7. The molecule has 0 atom stereocenters. The number of nitrogens with one attached hydrogen (secondary N) is 1. The van der Waals surface area contributed by atoms with Crippen LogP contribution >= 0.6 is 0 Å². The standard InChI is InChI=1S/C25H17F3N4/c26-25(27,28)21-22(19-13-5-9-15-7-1-3-11-17(15)19)31-24(32-23(21)29)30-20-14-6-10-16-8-2-4-12-18(16)20/h1-14H,(H3,29,30,31,32). The fourth-order valence-electron chi connectivity index (χ4n) is 3.90. The fourth-order valence-corrected chi connectivity index (χ4v) is 3.90. The SMILES string of the molecule is Nc1nc(Nc2cccc3ccccc23)nc(-c2cccc3ccccc23)c1C(F)(F)F. The van der Waals surface area contributed by atoms with Crippen molar-refractivity contribution in [2.24, 2.45) is 0 Å². The summed E-state index contributed by atoms with van der Waals surface area (Å²) in [5, 5.41) is 6.38. The summed E-state index contributed by atoms with van der Waals surface area (Å²) >= 11 is 0. The van der Waals surface area contributed by atoms with Crippen molar-refractivity contribution in [3.63, 3.8) is 0 Å². The molecule has 0 fully saturated rings. The van der Waals surface area contributed by atoms with Crippen molar-refractivity contribution < 1.29 is 13.2 Å². The summed E-state index contributed by atoms with van der Waals surface area (Å²) in [7, 11) is 0. The second-order valence-electron chi connectivity index (χ2n) is 7.33. The summed E-state index contributed by atoms with van der Waals surface area (Å²) in [5.41, 5.74) is 5.55. The van der Waals surface area contributed by atoms with Crippen LogP contribution in [0, 0.1) is 0 Å². The highest BCUT2D eigenvalue weighted by Gasteiger charge is 2.38. The molecule has 1 aromatic heterocycles. The number of halogens is 3. The maximum atomic E-state index is 14.0. The maximum absolute atomic E-state index is 14.0. The molecule has 32 heavy (non-hydrogen) atoms. The highest BCUT2D eigenvalue weighted by molar-refractivity contribution is 5.98. The van der Waals surface area contributed by atoms with Gasteiger partial charge in [0.2, 0.25) is 5.95 Å². The molecule has 0 bridgehead atoms. The van der Waals surface area contributed by atoms with Gasteiger partial charge in [-0.2, -0.15) is 18.2 Å². The Morgan fingerprint density at radius 1 is 0.688 bits per heavy atom. The van der Waals surface area contributed by atoms with Crippen molar-refractivity contribution in [1.82, 2.24) is 9.97 Å². The van der Waals surface area contributed by atoms with Gasteiger partial charge in [-0.25, -0.2) is 4.98 Å². The first-order chi connectivity index (χ1) is 15.4. The molecule has 0 saturated heterocycles. The summed E-state index contributed by atoms with van der Waals surface area (Å²) in [6.07, 6.45) is -4.71. The molecule has 0 amide bonds. The molecule has 5 rings (SSSR count). The Morgan fingerprint density at radius 3 is 2.00 bits per heavy atom. The maximum Gasteiger partial charge on any atom is 0.422 e. The molecule has 158 valence electrons. The van der Waals surface area contributed by atoms with Crippen molar-refractivity contribution >= 4 is 39.0 Å². The van der Waals surface area contributed by atoms with Gasteiger partial charge in [0, 0.05) is 16.6 Å². The molecule has 7 heteroatoms. The first-order valence-corrected chi connectivity index (χ1v) is 9.89. The number of hydrogen-bond donors (Lipinski definition) is 2. The van der Waals surface area contributed by atoms with E-state index in [-0.39, 0.29) is 11.6 Å². The molecule has 0 radical (unpaired) electrons. The monoisotopic (exact) mass is 430 g/mol. The van der Waals surface area contributed by atoms with E-state index in [1.807, 2.05) is 60.7 Å². The van der Waals surface area contributed by atoms with E-state index in [9.17, 15) is 13.2 Å². The first-order valence-electron chi connectivity index (χ1n) is 9.89.